The Bertz CT molecular complexity index is 534. The molecule has 118 valence electrons. The van der Waals surface area contributed by atoms with Gasteiger partial charge in [-0.25, -0.2) is 0 Å². The normalized spacial score (nSPS) is 10.6. The number of phenolic OH excluding ortho intramolecular Hbond substituents is 1. The summed E-state index contributed by atoms with van der Waals surface area (Å²) in [5.41, 5.74) is 1.87. The highest BCUT2D eigenvalue weighted by Gasteiger charge is 2.01. The Hall–Kier alpha value is -2.03. The van der Waals surface area contributed by atoms with Gasteiger partial charge in [-0.05, 0) is 42.8 Å². The van der Waals surface area contributed by atoms with Crippen LogP contribution < -0.4 is 4.74 Å². The standard InChI is InChI=1S/C19H25NO2/c1-2-3-4-5-6-7-14-22-18-12-13-19(20-15-18)16-8-10-17(21)11-9-16/h8-13,15,21H,2-7,14H2,1H3. The summed E-state index contributed by atoms with van der Waals surface area (Å²) in [6, 6.07) is 10.9. The number of rotatable bonds is 9. The van der Waals surface area contributed by atoms with Gasteiger partial charge in [-0.15, -0.1) is 0 Å². The number of hydrogen-bond donors (Lipinski definition) is 1. The number of unbranched alkanes of at least 4 members (excludes halogenated alkanes) is 5. The van der Waals surface area contributed by atoms with E-state index in [1.165, 1.54) is 32.1 Å². The van der Waals surface area contributed by atoms with E-state index in [2.05, 4.69) is 11.9 Å². The molecule has 1 heterocycles. The minimum absolute atomic E-state index is 0.266. The summed E-state index contributed by atoms with van der Waals surface area (Å²) >= 11 is 0. The molecular weight excluding hydrogens is 274 g/mol. The monoisotopic (exact) mass is 299 g/mol. The second-order valence-electron chi connectivity index (χ2n) is 5.54. The number of phenols is 1. The predicted octanol–water partition coefficient (Wildman–Crippen LogP) is 5.19. The highest BCUT2D eigenvalue weighted by molar-refractivity contribution is 5.60. The first-order valence-electron chi connectivity index (χ1n) is 8.18. The van der Waals surface area contributed by atoms with Crippen LogP contribution in [0.25, 0.3) is 11.3 Å². The molecule has 0 spiro atoms. The maximum atomic E-state index is 9.30. The second kappa shape index (κ2) is 9.08. The molecule has 0 unspecified atom stereocenters. The Balaban J connectivity index is 1.74. The SMILES string of the molecule is CCCCCCCCOc1ccc(-c2ccc(O)cc2)nc1. The number of aromatic hydroxyl groups is 1. The van der Waals surface area contributed by atoms with Crippen LogP contribution in [0.1, 0.15) is 45.4 Å². The molecule has 0 aliphatic heterocycles. The van der Waals surface area contributed by atoms with Crippen molar-refractivity contribution in [3.63, 3.8) is 0 Å². The second-order valence-corrected chi connectivity index (χ2v) is 5.54. The van der Waals surface area contributed by atoms with Gasteiger partial charge in [0.1, 0.15) is 11.5 Å². The third-order valence-electron chi connectivity index (χ3n) is 3.67. The van der Waals surface area contributed by atoms with Gasteiger partial charge in [0.25, 0.3) is 0 Å². The molecule has 1 aromatic carbocycles. The van der Waals surface area contributed by atoms with Crippen molar-refractivity contribution in [2.75, 3.05) is 6.61 Å². The number of benzene rings is 1. The summed E-state index contributed by atoms with van der Waals surface area (Å²) in [4.78, 5) is 4.41. The Morgan fingerprint density at radius 2 is 1.64 bits per heavy atom. The molecule has 3 heteroatoms. The molecule has 0 radical (unpaired) electrons. The molecule has 2 aromatic rings. The number of aromatic nitrogens is 1. The minimum atomic E-state index is 0.266. The topological polar surface area (TPSA) is 42.4 Å². The Morgan fingerprint density at radius 3 is 2.32 bits per heavy atom. The number of hydrogen-bond acceptors (Lipinski definition) is 3. The first kappa shape index (κ1) is 16.3. The van der Waals surface area contributed by atoms with Crippen molar-refractivity contribution in [2.45, 2.75) is 45.4 Å². The van der Waals surface area contributed by atoms with Gasteiger partial charge in [0.2, 0.25) is 0 Å². The fourth-order valence-electron chi connectivity index (χ4n) is 2.34. The van der Waals surface area contributed by atoms with E-state index < -0.39 is 0 Å². The fraction of sp³-hybridized carbons (Fsp3) is 0.421. The van der Waals surface area contributed by atoms with E-state index in [-0.39, 0.29) is 5.75 Å². The summed E-state index contributed by atoms with van der Waals surface area (Å²) in [6.45, 7) is 2.99. The van der Waals surface area contributed by atoms with Crippen molar-refractivity contribution in [2.24, 2.45) is 0 Å². The van der Waals surface area contributed by atoms with E-state index in [9.17, 15) is 5.11 Å². The summed E-state index contributed by atoms with van der Waals surface area (Å²) in [5.74, 6) is 1.08. The zero-order valence-electron chi connectivity index (χ0n) is 13.3. The summed E-state index contributed by atoms with van der Waals surface area (Å²) in [5, 5.41) is 9.30. The minimum Gasteiger partial charge on any atom is -0.508 e. The molecule has 0 amide bonds. The number of ether oxygens (including phenoxy) is 1. The molecule has 0 saturated heterocycles. The van der Waals surface area contributed by atoms with E-state index in [1.54, 1.807) is 18.3 Å². The van der Waals surface area contributed by atoms with Crippen molar-refractivity contribution in [1.29, 1.82) is 0 Å². The molecule has 0 atom stereocenters. The number of pyridine rings is 1. The van der Waals surface area contributed by atoms with Gasteiger partial charge in [0.05, 0.1) is 18.5 Å². The van der Waals surface area contributed by atoms with Crippen molar-refractivity contribution >= 4 is 0 Å². The van der Waals surface area contributed by atoms with E-state index in [0.717, 1.165) is 30.0 Å². The third-order valence-corrected chi connectivity index (χ3v) is 3.67. The van der Waals surface area contributed by atoms with Crippen LogP contribution in [-0.4, -0.2) is 16.7 Å². The molecule has 1 N–H and O–H groups in total. The summed E-state index contributed by atoms with van der Waals surface area (Å²) in [6.07, 6.45) is 9.36. The van der Waals surface area contributed by atoms with Crippen LogP contribution in [0.3, 0.4) is 0 Å². The van der Waals surface area contributed by atoms with Gasteiger partial charge in [-0.2, -0.15) is 0 Å². The lowest BCUT2D eigenvalue weighted by molar-refractivity contribution is 0.303. The Morgan fingerprint density at radius 1 is 0.909 bits per heavy atom. The van der Waals surface area contributed by atoms with E-state index in [0.29, 0.717) is 0 Å². The molecule has 0 saturated carbocycles. The van der Waals surface area contributed by atoms with E-state index in [1.807, 2.05) is 24.3 Å². The maximum Gasteiger partial charge on any atom is 0.137 e. The van der Waals surface area contributed by atoms with Crippen LogP contribution in [0.4, 0.5) is 0 Å². The number of nitrogens with zero attached hydrogens (tertiary/aromatic N) is 1. The van der Waals surface area contributed by atoms with Crippen LogP contribution in [0.15, 0.2) is 42.6 Å². The van der Waals surface area contributed by atoms with Gasteiger partial charge < -0.3 is 9.84 Å². The zero-order valence-corrected chi connectivity index (χ0v) is 13.3. The maximum absolute atomic E-state index is 9.30. The Labute approximate surface area is 133 Å². The highest BCUT2D eigenvalue weighted by atomic mass is 16.5. The molecular formula is C19H25NO2. The van der Waals surface area contributed by atoms with Gasteiger partial charge in [0.15, 0.2) is 0 Å². The van der Waals surface area contributed by atoms with Gasteiger partial charge in [-0.3, -0.25) is 4.98 Å². The lowest BCUT2D eigenvalue weighted by Gasteiger charge is -2.07. The lowest BCUT2D eigenvalue weighted by atomic mass is 10.1. The molecule has 2 rings (SSSR count). The van der Waals surface area contributed by atoms with Crippen LogP contribution in [0.2, 0.25) is 0 Å². The molecule has 3 nitrogen and oxygen atoms in total. The fourth-order valence-corrected chi connectivity index (χ4v) is 2.34. The van der Waals surface area contributed by atoms with Crippen molar-refractivity contribution in [3.8, 4) is 22.8 Å². The molecule has 0 aliphatic carbocycles. The largest absolute Gasteiger partial charge is 0.508 e. The lowest BCUT2D eigenvalue weighted by Crippen LogP contribution is -1.98. The van der Waals surface area contributed by atoms with Crippen molar-refractivity contribution < 1.29 is 9.84 Å². The highest BCUT2D eigenvalue weighted by Crippen LogP contribution is 2.21. The van der Waals surface area contributed by atoms with E-state index in [4.69, 9.17) is 4.74 Å². The van der Waals surface area contributed by atoms with Crippen LogP contribution >= 0.6 is 0 Å². The first-order chi connectivity index (χ1) is 10.8. The molecule has 0 aliphatic rings. The Kier molecular flexibility index (Phi) is 6.75. The quantitative estimate of drug-likeness (QED) is 0.648. The van der Waals surface area contributed by atoms with Gasteiger partial charge in [-0.1, -0.05) is 39.0 Å². The van der Waals surface area contributed by atoms with E-state index >= 15 is 0 Å². The predicted molar refractivity (Wildman–Crippen MR) is 90.2 cm³/mol. The molecule has 1 aromatic heterocycles. The zero-order chi connectivity index (χ0) is 15.6. The van der Waals surface area contributed by atoms with Crippen LogP contribution in [0, 0.1) is 0 Å². The van der Waals surface area contributed by atoms with Crippen LogP contribution in [0.5, 0.6) is 11.5 Å². The summed E-state index contributed by atoms with van der Waals surface area (Å²) in [7, 11) is 0. The molecule has 0 bridgehead atoms. The average molecular weight is 299 g/mol. The van der Waals surface area contributed by atoms with Crippen molar-refractivity contribution in [1.82, 2.24) is 4.98 Å². The first-order valence-corrected chi connectivity index (χ1v) is 8.18. The molecule has 0 fully saturated rings. The average Bonchev–Trinajstić information content (AvgIpc) is 2.55. The summed E-state index contributed by atoms with van der Waals surface area (Å²) < 4.78 is 5.72. The molecule has 22 heavy (non-hydrogen) atoms. The third kappa shape index (κ3) is 5.40. The smallest absolute Gasteiger partial charge is 0.137 e. The van der Waals surface area contributed by atoms with Gasteiger partial charge in [0, 0.05) is 5.56 Å². The van der Waals surface area contributed by atoms with Gasteiger partial charge >= 0.3 is 0 Å². The van der Waals surface area contributed by atoms with Crippen LogP contribution in [-0.2, 0) is 0 Å². The van der Waals surface area contributed by atoms with Crippen molar-refractivity contribution in [3.05, 3.63) is 42.6 Å².